The fourth-order valence-corrected chi connectivity index (χ4v) is 14.7. The van der Waals surface area contributed by atoms with E-state index in [0.29, 0.717) is 0 Å². The zero-order valence-corrected chi connectivity index (χ0v) is 60.7. The average molecular weight is 1590 g/mol. The van der Waals surface area contributed by atoms with Crippen LogP contribution in [0, 0.1) is 0 Å². The highest BCUT2D eigenvalue weighted by atomic mass is 16.8. The van der Waals surface area contributed by atoms with Crippen LogP contribution < -0.4 is 10.6 Å². The lowest BCUT2D eigenvalue weighted by Crippen LogP contribution is -2.70. The molecule has 0 aromatic carbocycles. The molecule has 109 heavy (non-hydrogen) atoms. The minimum atomic E-state index is -2.25. The van der Waals surface area contributed by atoms with Crippen LogP contribution in [0.25, 0.3) is 0 Å². The Bertz CT molecular complexity index is 2900. The molecule has 24 N–H and O–H groups in total. The van der Waals surface area contributed by atoms with Gasteiger partial charge >= 0.3 is 0 Å². The van der Waals surface area contributed by atoms with Crippen LogP contribution in [0.1, 0.15) is 69.2 Å². The third-order valence-electron chi connectivity index (χ3n) is 21.4. The minimum Gasteiger partial charge on any atom is -0.394 e. The van der Waals surface area contributed by atoms with Gasteiger partial charge in [0, 0.05) is 13.8 Å². The van der Waals surface area contributed by atoms with Gasteiger partial charge < -0.3 is 213 Å². The maximum absolute atomic E-state index is 13.2. The van der Waals surface area contributed by atoms with Gasteiger partial charge in [0.15, 0.2) is 62.9 Å². The second kappa shape index (κ2) is 36.9. The fraction of sp³-hybridized carbons (Fsp3) is 0.969. The molecule has 0 radical (unpaired) electrons. The summed E-state index contributed by atoms with van der Waals surface area (Å²) in [6.45, 7) is 10.3. The molecule has 50 atom stereocenters. The molecule has 1 unspecified atom stereocenters. The van der Waals surface area contributed by atoms with Gasteiger partial charge in [-0.3, -0.25) is 9.59 Å². The Balaban J connectivity index is 0.882. The van der Waals surface area contributed by atoms with Crippen LogP contribution >= 0.6 is 0 Å². The maximum atomic E-state index is 13.2. The van der Waals surface area contributed by atoms with E-state index in [1.807, 2.05) is 0 Å². The highest BCUT2D eigenvalue weighted by Crippen LogP contribution is 2.41. The first-order chi connectivity index (χ1) is 51.2. The molecule has 0 bridgehead atoms. The number of hydrogen-bond donors (Lipinski definition) is 24. The first-order valence-corrected chi connectivity index (χ1v) is 36.0. The lowest BCUT2D eigenvalue weighted by molar-refractivity contribution is -0.404. The number of aliphatic hydroxyl groups excluding tert-OH is 22. The standard InChI is InChI=1S/C64H108N2O43/c1-13-28(72)38(82)50(55(90)91-13)105-63-51(39(83)29(73)17(5)97-63)106-56-25(65-21(9)69)46(35(79)23(11-67)99-56)101-60-45(89)49(34(78)20(8)94-60)104-62-54(42(86)32(76)16(4)96-62)109-64-52(40(84)30(74)18(6)98-64)107-57-26(66-22(10)70)47(36(80)24(12-68)100-57)102-59-44(88)48(33(77)19(7)93-59)103-61-53(41(85)31(75)15(3)95-61)108-58-43(87)37(81)27(71)14(2)92-58/h13-20,23-64,67-68,71-90H,11-12H2,1-10H3,(H,65,69)(H,66,70)/t13-,14-,15-,16-,17-,18-,19-,20-,23+,24+,25+,26+,27-,28-,29-,30-,31-,32-,33-,34-,35+,36+,37+,38+,39+,40+,41+,42+,43+,44+,45+,46+,47+,48+,49+,50+,51+,52+,53+,54+,55?,56-,57-,58-,59-,60-,61-,62-,63-,64-/m0/s1. The van der Waals surface area contributed by atoms with E-state index < -0.39 is 332 Å². The highest BCUT2D eigenvalue weighted by Gasteiger charge is 2.61. The third kappa shape index (κ3) is 18.7. The summed E-state index contributed by atoms with van der Waals surface area (Å²) >= 11 is 0. The molecule has 10 aliphatic heterocycles. The monoisotopic (exact) mass is 1590 g/mol. The highest BCUT2D eigenvalue weighted by molar-refractivity contribution is 5.73. The first-order valence-electron chi connectivity index (χ1n) is 36.0. The van der Waals surface area contributed by atoms with Crippen LogP contribution in [0.15, 0.2) is 0 Å². The van der Waals surface area contributed by atoms with E-state index >= 15 is 0 Å². The smallest absolute Gasteiger partial charge is 0.217 e. The van der Waals surface area contributed by atoms with Gasteiger partial charge in [-0.05, 0) is 55.4 Å². The van der Waals surface area contributed by atoms with Crippen molar-refractivity contribution < 1.29 is 212 Å². The van der Waals surface area contributed by atoms with E-state index in [-0.39, 0.29) is 0 Å². The van der Waals surface area contributed by atoms with Crippen molar-refractivity contribution in [3.63, 3.8) is 0 Å². The molecular weight excluding hydrogens is 1480 g/mol. The molecule has 10 fully saturated rings. The molecule has 10 rings (SSSR count). The number of carbonyl (C=O) groups is 2. The lowest BCUT2D eigenvalue weighted by Gasteiger charge is -2.51. The third-order valence-corrected chi connectivity index (χ3v) is 21.4. The number of nitrogens with one attached hydrogen (secondary N) is 2. The van der Waals surface area contributed by atoms with Gasteiger partial charge in [-0.1, -0.05) is 0 Å². The molecule has 0 spiro atoms. The van der Waals surface area contributed by atoms with Crippen LogP contribution in [-0.4, -0.2) is 444 Å². The van der Waals surface area contributed by atoms with Gasteiger partial charge in [0.05, 0.1) is 62.0 Å². The summed E-state index contributed by atoms with van der Waals surface area (Å²) in [6.07, 6.45) is -87.7. The number of ether oxygens (including phenoxy) is 19. The van der Waals surface area contributed by atoms with E-state index in [2.05, 4.69) is 10.6 Å². The quantitative estimate of drug-likeness (QED) is 0.0479. The van der Waals surface area contributed by atoms with Gasteiger partial charge in [0.25, 0.3) is 0 Å². The van der Waals surface area contributed by atoms with Crippen molar-refractivity contribution in [2.75, 3.05) is 13.2 Å². The maximum Gasteiger partial charge on any atom is 0.217 e. The number of rotatable bonds is 22. The number of amides is 2. The molecule has 0 aromatic heterocycles. The topological polar surface area (TPSA) is 679 Å². The summed E-state index contributed by atoms with van der Waals surface area (Å²) in [6, 6.07) is -3.65. The van der Waals surface area contributed by atoms with E-state index in [9.17, 15) is 122 Å². The van der Waals surface area contributed by atoms with Gasteiger partial charge in [-0.2, -0.15) is 0 Å². The number of aliphatic hydroxyl groups is 22. The van der Waals surface area contributed by atoms with Crippen molar-refractivity contribution in [3.05, 3.63) is 0 Å². The lowest BCUT2D eigenvalue weighted by atomic mass is 9.94. The summed E-state index contributed by atoms with van der Waals surface area (Å²) in [5.41, 5.74) is 0. The SMILES string of the molecule is CC(=O)N[C@H]1[C@H](O[C@H]2[C@H](O[C@H]3[C@H](O[C@@H]4[C@@H](O)[C@H](C)O[C@@H](O[C@H]5[C@H](O)[C@@H](CO)O[C@@H](O[C@H]6[C@H](O[C@H]7C(O)O[C@@H](C)[C@H](O)[C@H]7O)O[C@@H](C)[C@H](O)[C@H]6O)[C@@H]5NC(C)=O)[C@@H]4O)O[C@@H](C)[C@H](O)[C@H]3O)O[C@@H](C)[C@H](O)[C@H]2O)O[C@H](CO)[C@@H](O)[C@@H]1O[C@@H]1O[C@@H](C)[C@H](O)[C@@H](O[C@@H]2O[C@@H](C)[C@H](O)[C@@H](O)[C@H]2O[C@@H]2O[C@@H](C)[C@H](O)[C@@H](O)[C@H]2O)[C@H]1O. The first kappa shape index (κ1) is 88.7. The van der Waals surface area contributed by atoms with Gasteiger partial charge in [-0.25, -0.2) is 0 Å². The van der Waals surface area contributed by atoms with Crippen LogP contribution in [-0.2, 0) is 99.6 Å². The van der Waals surface area contributed by atoms with Crippen molar-refractivity contribution in [3.8, 4) is 0 Å². The number of hydrogen-bond acceptors (Lipinski definition) is 43. The Hall–Kier alpha value is -2.70. The Morgan fingerprint density at radius 3 is 0.780 bits per heavy atom. The average Bonchev–Trinajstić information content (AvgIpc) is 0.770. The fourth-order valence-electron chi connectivity index (χ4n) is 14.7. The predicted octanol–water partition coefficient (Wildman–Crippen LogP) is -14.3. The van der Waals surface area contributed by atoms with Crippen molar-refractivity contribution >= 4 is 11.8 Å². The molecule has 632 valence electrons. The van der Waals surface area contributed by atoms with Crippen molar-refractivity contribution in [1.29, 1.82) is 0 Å². The van der Waals surface area contributed by atoms with E-state index in [0.717, 1.165) is 13.8 Å². The molecule has 2 amide bonds. The summed E-state index contributed by atoms with van der Waals surface area (Å²) in [5.74, 6) is -1.76. The molecule has 0 aliphatic carbocycles. The molecule has 45 nitrogen and oxygen atoms in total. The molecule has 10 heterocycles. The van der Waals surface area contributed by atoms with Gasteiger partial charge in [0.2, 0.25) is 11.8 Å². The second-order valence-electron chi connectivity index (χ2n) is 29.3. The van der Waals surface area contributed by atoms with Crippen LogP contribution in [0.4, 0.5) is 0 Å². The van der Waals surface area contributed by atoms with Crippen molar-refractivity contribution in [2.45, 2.75) is 376 Å². The Morgan fingerprint density at radius 1 is 0.239 bits per heavy atom. The van der Waals surface area contributed by atoms with Crippen LogP contribution in [0.5, 0.6) is 0 Å². The molecule has 0 saturated carbocycles. The minimum absolute atomic E-state index is 0.862. The predicted molar refractivity (Wildman–Crippen MR) is 342 cm³/mol. The molecule has 45 heteroatoms. The van der Waals surface area contributed by atoms with E-state index in [1.165, 1.54) is 55.4 Å². The molecule has 10 saturated heterocycles. The summed E-state index contributed by atoms with van der Waals surface area (Å²) in [4.78, 5) is 26.3. The summed E-state index contributed by atoms with van der Waals surface area (Å²) < 4.78 is 114. The summed E-state index contributed by atoms with van der Waals surface area (Å²) in [7, 11) is 0. The molecule has 0 aromatic rings. The zero-order chi connectivity index (χ0) is 80.3. The van der Waals surface area contributed by atoms with Crippen LogP contribution in [0.2, 0.25) is 0 Å². The van der Waals surface area contributed by atoms with Gasteiger partial charge in [-0.15, -0.1) is 0 Å². The van der Waals surface area contributed by atoms with Crippen molar-refractivity contribution in [2.24, 2.45) is 0 Å². The van der Waals surface area contributed by atoms with Crippen molar-refractivity contribution in [1.82, 2.24) is 10.6 Å². The normalized spacial score (nSPS) is 54.3. The second-order valence-corrected chi connectivity index (χ2v) is 29.3. The van der Waals surface area contributed by atoms with E-state index in [1.54, 1.807) is 0 Å². The Labute approximate surface area is 622 Å². The molecular formula is C64H108N2O43. The Morgan fingerprint density at radius 2 is 0.468 bits per heavy atom. The van der Waals surface area contributed by atoms with Gasteiger partial charge in [0.1, 0.15) is 195 Å². The largest absolute Gasteiger partial charge is 0.394 e. The Kier molecular flexibility index (Phi) is 30.0. The molecule has 10 aliphatic rings. The zero-order valence-electron chi connectivity index (χ0n) is 60.7. The van der Waals surface area contributed by atoms with Crippen LogP contribution in [0.3, 0.4) is 0 Å². The summed E-state index contributed by atoms with van der Waals surface area (Å²) in [5, 5.41) is 253. The van der Waals surface area contributed by atoms with E-state index in [4.69, 9.17) is 90.0 Å². The number of carbonyl (C=O) groups excluding carboxylic acids is 2.